The second-order valence-corrected chi connectivity index (χ2v) is 14.8. The van der Waals surface area contributed by atoms with Crippen molar-refractivity contribution >= 4 is 43.6 Å². The molecule has 10 rings (SSSR count). The largest absolute Gasteiger partial charge is 0.308 e. The molecule has 2 heterocycles. The topological polar surface area (TPSA) is 33.6 Å². The van der Waals surface area contributed by atoms with Crippen molar-refractivity contribution in [3.05, 3.63) is 191 Å². The quantitative estimate of drug-likeness (QED) is 0.0973. The first-order valence-electron chi connectivity index (χ1n) is 18.9. The van der Waals surface area contributed by atoms with Crippen LogP contribution in [0.1, 0.15) is 16.7 Å². The molecule has 0 saturated heterocycles. The second-order valence-electron chi connectivity index (χ2n) is 14.8. The predicted molar refractivity (Wildman–Crippen MR) is 225 cm³/mol. The number of para-hydroxylation sites is 2. The maximum atomic E-state index is 15.9. The zero-order valence-electron chi connectivity index (χ0n) is 31.6. The van der Waals surface area contributed by atoms with Crippen LogP contribution in [0, 0.1) is 54.3 Å². The number of hydrogen-bond donors (Lipinski definition) is 0. The molecule has 0 atom stereocenters. The van der Waals surface area contributed by atoms with Crippen molar-refractivity contribution in [2.24, 2.45) is 0 Å². The van der Waals surface area contributed by atoms with Gasteiger partial charge < -0.3 is 9.13 Å². The van der Waals surface area contributed by atoms with Crippen molar-refractivity contribution in [2.75, 3.05) is 0 Å². The molecule has 3 nitrogen and oxygen atoms in total. The number of aryl methyl sites for hydroxylation is 2. The number of hydrogen-bond acceptors (Lipinski definition) is 1. The van der Waals surface area contributed by atoms with Crippen LogP contribution in [0.5, 0.6) is 0 Å². The van der Waals surface area contributed by atoms with E-state index < -0.39 is 34.6 Å². The summed E-state index contributed by atoms with van der Waals surface area (Å²) in [5.74, 6) is -10.3. The molecule has 8 heteroatoms. The summed E-state index contributed by atoms with van der Waals surface area (Å²) in [4.78, 5) is 0. The smallest absolute Gasteiger partial charge is 0.200 e. The molecule has 0 radical (unpaired) electrons. The van der Waals surface area contributed by atoms with Gasteiger partial charge in [-0.1, -0.05) is 108 Å². The molecule has 0 spiro atoms. The fourth-order valence-corrected chi connectivity index (χ4v) is 8.40. The third-order valence-corrected chi connectivity index (χ3v) is 11.3. The first kappa shape index (κ1) is 35.9. The predicted octanol–water partition coefficient (Wildman–Crippen LogP) is 14.1. The number of nitrogens with zero attached hydrogens (tertiary/aromatic N) is 3. The molecule has 2 aromatic heterocycles. The summed E-state index contributed by atoms with van der Waals surface area (Å²) in [6, 6.07) is 48.4. The Morgan fingerprint density at radius 1 is 0.390 bits per heavy atom. The van der Waals surface area contributed by atoms with Gasteiger partial charge in [-0.3, -0.25) is 0 Å². The number of fused-ring (bicyclic) bond motifs is 6. The minimum atomic E-state index is -2.25. The van der Waals surface area contributed by atoms with Gasteiger partial charge in [-0.05, 0) is 90.2 Å². The molecule has 0 unspecified atom stereocenters. The summed E-state index contributed by atoms with van der Waals surface area (Å²) in [6.07, 6.45) is 0. The van der Waals surface area contributed by atoms with E-state index in [0.717, 1.165) is 54.9 Å². The summed E-state index contributed by atoms with van der Waals surface area (Å²) in [5.41, 5.74) is 7.94. The molecule has 0 N–H and O–H groups in total. The normalized spacial score (nSPS) is 11.6. The van der Waals surface area contributed by atoms with Crippen molar-refractivity contribution in [1.82, 2.24) is 9.13 Å². The van der Waals surface area contributed by atoms with Crippen molar-refractivity contribution in [3.8, 4) is 50.8 Å². The van der Waals surface area contributed by atoms with Crippen LogP contribution in [-0.4, -0.2) is 9.13 Å². The molecule has 0 aliphatic heterocycles. The van der Waals surface area contributed by atoms with Crippen molar-refractivity contribution in [1.29, 1.82) is 5.26 Å². The Balaban J connectivity index is 1.32. The number of halogens is 5. The summed E-state index contributed by atoms with van der Waals surface area (Å²) in [5, 5.41) is 14.6. The standard InChI is InChI=1S/C51H30F5N3/c1-28-11-15-30(16-12-28)32-19-21-42-37(23-32)35-7-3-5-9-40(35)58(42)44-25-34(46-47(52)49(54)51(56)50(55)48(46)53)26-45(39(44)27-57)59-41-10-6-4-8-36(41)38-24-33(20-22-43(38)59)31-17-13-29(2)14-18-31/h3-26H,1-2H3. The monoisotopic (exact) mass is 779 g/mol. The highest BCUT2D eigenvalue weighted by Gasteiger charge is 2.29. The second kappa shape index (κ2) is 13.6. The molecule has 0 bridgehead atoms. The Morgan fingerprint density at radius 2 is 0.763 bits per heavy atom. The van der Waals surface area contributed by atoms with Crippen LogP contribution in [0.4, 0.5) is 22.0 Å². The molecule has 0 aliphatic rings. The average molecular weight is 780 g/mol. The first-order valence-corrected chi connectivity index (χ1v) is 18.9. The van der Waals surface area contributed by atoms with Crippen molar-refractivity contribution in [2.45, 2.75) is 13.8 Å². The lowest BCUT2D eigenvalue weighted by Gasteiger charge is -2.19. The Morgan fingerprint density at radius 3 is 1.19 bits per heavy atom. The summed E-state index contributed by atoms with van der Waals surface area (Å²) >= 11 is 0. The Hall–Kier alpha value is -7.50. The molecule has 8 aromatic carbocycles. The number of nitriles is 1. The summed E-state index contributed by atoms with van der Waals surface area (Å²) < 4.78 is 79.9. The summed E-state index contributed by atoms with van der Waals surface area (Å²) in [6.45, 7) is 4.04. The highest BCUT2D eigenvalue weighted by molar-refractivity contribution is 6.12. The minimum absolute atomic E-state index is 0.119. The van der Waals surface area contributed by atoms with Gasteiger partial charge in [0.2, 0.25) is 5.82 Å². The Labute approximate surface area is 335 Å². The van der Waals surface area contributed by atoms with Crippen LogP contribution >= 0.6 is 0 Å². The van der Waals surface area contributed by atoms with Crippen LogP contribution in [0.2, 0.25) is 0 Å². The zero-order valence-corrected chi connectivity index (χ0v) is 31.6. The first-order chi connectivity index (χ1) is 28.6. The van der Waals surface area contributed by atoms with Gasteiger partial charge in [0.1, 0.15) is 11.6 Å². The van der Waals surface area contributed by atoms with Crippen LogP contribution in [0.25, 0.3) is 88.4 Å². The fourth-order valence-electron chi connectivity index (χ4n) is 8.40. The average Bonchev–Trinajstić information content (AvgIpc) is 3.77. The Kier molecular flexibility index (Phi) is 8.25. The number of rotatable bonds is 5. The molecule has 284 valence electrons. The van der Waals surface area contributed by atoms with Crippen LogP contribution in [0.3, 0.4) is 0 Å². The lowest BCUT2D eigenvalue weighted by Crippen LogP contribution is -2.08. The van der Waals surface area contributed by atoms with E-state index in [4.69, 9.17) is 0 Å². The van der Waals surface area contributed by atoms with Gasteiger partial charge in [-0.25, -0.2) is 22.0 Å². The molecule has 0 saturated carbocycles. The third-order valence-electron chi connectivity index (χ3n) is 11.3. The van der Waals surface area contributed by atoms with E-state index in [9.17, 15) is 9.65 Å². The molecule has 59 heavy (non-hydrogen) atoms. The SMILES string of the molecule is Cc1ccc(-c2ccc3c(c2)c2ccccc2n3-c2cc(-c3c(F)c(F)c(F)c(F)c3F)cc(-n3c4ccccc4c4cc(-c5ccc(C)cc5)ccc43)c2C#N)cc1. The van der Waals surface area contributed by atoms with E-state index in [1.54, 1.807) is 0 Å². The van der Waals surface area contributed by atoms with E-state index in [2.05, 4.69) is 18.2 Å². The highest BCUT2D eigenvalue weighted by atomic mass is 19.2. The molecule has 0 amide bonds. The number of benzene rings is 8. The van der Waals surface area contributed by atoms with Crippen LogP contribution in [-0.2, 0) is 0 Å². The maximum absolute atomic E-state index is 15.9. The molecular formula is C51H30F5N3. The van der Waals surface area contributed by atoms with E-state index in [1.807, 2.05) is 144 Å². The van der Waals surface area contributed by atoms with Gasteiger partial charge in [0.15, 0.2) is 23.3 Å². The van der Waals surface area contributed by atoms with Gasteiger partial charge in [0.05, 0.1) is 39.0 Å². The maximum Gasteiger partial charge on any atom is 0.200 e. The van der Waals surface area contributed by atoms with E-state index in [1.165, 1.54) is 12.1 Å². The lowest BCUT2D eigenvalue weighted by molar-refractivity contribution is 0.381. The van der Waals surface area contributed by atoms with E-state index in [0.29, 0.717) is 22.1 Å². The van der Waals surface area contributed by atoms with Crippen LogP contribution < -0.4 is 0 Å². The van der Waals surface area contributed by atoms with Gasteiger partial charge in [0.25, 0.3) is 0 Å². The Bertz CT molecular complexity index is 3190. The highest BCUT2D eigenvalue weighted by Crippen LogP contribution is 2.43. The molecule has 0 fully saturated rings. The van der Waals surface area contributed by atoms with Gasteiger partial charge in [0, 0.05) is 21.5 Å². The van der Waals surface area contributed by atoms with Gasteiger partial charge in [-0.2, -0.15) is 5.26 Å². The van der Waals surface area contributed by atoms with E-state index >= 15 is 17.6 Å². The molecule has 10 aromatic rings. The van der Waals surface area contributed by atoms with E-state index in [-0.39, 0.29) is 22.5 Å². The van der Waals surface area contributed by atoms with Crippen LogP contribution in [0.15, 0.2) is 146 Å². The third kappa shape index (κ3) is 5.53. The lowest BCUT2D eigenvalue weighted by atomic mass is 9.98. The molecule has 0 aliphatic carbocycles. The van der Waals surface area contributed by atoms with Gasteiger partial charge in [-0.15, -0.1) is 0 Å². The zero-order chi connectivity index (χ0) is 40.7. The summed E-state index contributed by atoms with van der Waals surface area (Å²) in [7, 11) is 0. The fraction of sp³-hybridized carbons (Fsp3) is 0.0392. The van der Waals surface area contributed by atoms with Crippen molar-refractivity contribution < 1.29 is 22.0 Å². The van der Waals surface area contributed by atoms with Gasteiger partial charge >= 0.3 is 0 Å². The molecular weight excluding hydrogens is 750 g/mol. The van der Waals surface area contributed by atoms with Crippen molar-refractivity contribution in [3.63, 3.8) is 0 Å². The number of aromatic nitrogens is 2. The minimum Gasteiger partial charge on any atom is -0.308 e.